The van der Waals surface area contributed by atoms with Crippen molar-refractivity contribution in [1.29, 1.82) is 0 Å². The van der Waals surface area contributed by atoms with Gasteiger partial charge in [-0.2, -0.15) is 0 Å². The summed E-state index contributed by atoms with van der Waals surface area (Å²) in [4.78, 5) is 14.4. The molecule has 0 aliphatic heterocycles. The van der Waals surface area contributed by atoms with Gasteiger partial charge in [0.15, 0.2) is 0 Å². The number of sulfonamides is 1. The standard InChI is InChI=1S/C23H23FN2O3S/c1-18-8-10-19(11-9-18)16-25(2)23(27)17-26(21-14-12-20(24)13-15-21)30(28,29)22-6-4-3-5-7-22/h3-15H,16-17H2,1-2H3. The first-order valence-electron chi connectivity index (χ1n) is 9.40. The van der Waals surface area contributed by atoms with Gasteiger partial charge in [0.25, 0.3) is 10.0 Å². The number of carbonyl (C=O) groups excluding carboxylic acids is 1. The molecule has 7 heteroatoms. The minimum absolute atomic E-state index is 0.0586. The largest absolute Gasteiger partial charge is 0.340 e. The molecule has 0 aliphatic carbocycles. The van der Waals surface area contributed by atoms with Gasteiger partial charge in [-0.1, -0.05) is 48.0 Å². The Morgan fingerprint density at radius 2 is 1.50 bits per heavy atom. The van der Waals surface area contributed by atoms with Crippen LogP contribution in [0.15, 0.2) is 83.8 Å². The van der Waals surface area contributed by atoms with Crippen molar-refractivity contribution < 1.29 is 17.6 Å². The Bertz CT molecular complexity index is 1100. The lowest BCUT2D eigenvalue weighted by atomic mass is 10.1. The number of anilines is 1. The van der Waals surface area contributed by atoms with Crippen LogP contribution >= 0.6 is 0 Å². The van der Waals surface area contributed by atoms with Crippen LogP contribution in [0.2, 0.25) is 0 Å². The summed E-state index contributed by atoms with van der Waals surface area (Å²) in [5.41, 5.74) is 2.28. The second kappa shape index (κ2) is 9.09. The summed E-state index contributed by atoms with van der Waals surface area (Å²) in [6.07, 6.45) is 0. The molecule has 0 atom stereocenters. The molecule has 0 unspecified atom stereocenters. The molecule has 3 aromatic rings. The van der Waals surface area contributed by atoms with Crippen LogP contribution in [0.5, 0.6) is 0 Å². The van der Waals surface area contributed by atoms with Crippen molar-refractivity contribution in [3.63, 3.8) is 0 Å². The van der Waals surface area contributed by atoms with Crippen molar-refractivity contribution in [3.8, 4) is 0 Å². The van der Waals surface area contributed by atoms with Crippen LogP contribution in [0.3, 0.4) is 0 Å². The van der Waals surface area contributed by atoms with E-state index in [-0.39, 0.29) is 16.5 Å². The van der Waals surface area contributed by atoms with Crippen molar-refractivity contribution in [2.45, 2.75) is 18.4 Å². The van der Waals surface area contributed by atoms with Gasteiger partial charge in [-0.05, 0) is 48.9 Å². The first-order valence-corrected chi connectivity index (χ1v) is 10.8. The normalized spacial score (nSPS) is 11.2. The molecular formula is C23H23FN2O3S. The fourth-order valence-electron chi connectivity index (χ4n) is 2.94. The molecule has 0 heterocycles. The SMILES string of the molecule is Cc1ccc(CN(C)C(=O)CN(c2ccc(F)cc2)S(=O)(=O)c2ccccc2)cc1. The zero-order chi connectivity index (χ0) is 21.7. The zero-order valence-electron chi connectivity index (χ0n) is 16.8. The maximum atomic E-state index is 13.4. The number of amides is 1. The molecule has 3 rings (SSSR count). The molecule has 1 amide bonds. The third-order valence-electron chi connectivity index (χ3n) is 4.69. The Labute approximate surface area is 176 Å². The number of rotatable bonds is 7. The number of carbonyl (C=O) groups is 1. The lowest BCUT2D eigenvalue weighted by molar-refractivity contribution is -0.128. The van der Waals surface area contributed by atoms with Crippen molar-refractivity contribution >= 4 is 21.6 Å². The topological polar surface area (TPSA) is 57.7 Å². The van der Waals surface area contributed by atoms with E-state index in [2.05, 4.69) is 0 Å². The number of benzene rings is 3. The highest BCUT2D eigenvalue weighted by atomic mass is 32.2. The molecule has 30 heavy (non-hydrogen) atoms. The average molecular weight is 427 g/mol. The minimum Gasteiger partial charge on any atom is -0.340 e. The quantitative estimate of drug-likeness (QED) is 0.574. The Kier molecular flexibility index (Phi) is 6.52. The van der Waals surface area contributed by atoms with Gasteiger partial charge < -0.3 is 4.90 Å². The molecule has 0 saturated carbocycles. The third-order valence-corrected chi connectivity index (χ3v) is 6.48. The van der Waals surface area contributed by atoms with Crippen LogP contribution in [0.25, 0.3) is 0 Å². The predicted octanol–water partition coefficient (Wildman–Crippen LogP) is 3.99. The number of hydrogen-bond acceptors (Lipinski definition) is 3. The van der Waals surface area contributed by atoms with Crippen LogP contribution in [-0.2, 0) is 21.4 Å². The van der Waals surface area contributed by atoms with E-state index in [1.807, 2.05) is 31.2 Å². The molecule has 0 aromatic heterocycles. The number of halogens is 1. The van der Waals surface area contributed by atoms with Gasteiger partial charge in [0.05, 0.1) is 10.6 Å². The molecule has 0 N–H and O–H groups in total. The Morgan fingerprint density at radius 3 is 2.10 bits per heavy atom. The van der Waals surface area contributed by atoms with E-state index in [1.165, 1.54) is 41.3 Å². The Hall–Kier alpha value is -3.19. The van der Waals surface area contributed by atoms with Crippen molar-refractivity contribution in [2.24, 2.45) is 0 Å². The van der Waals surface area contributed by atoms with Gasteiger partial charge in [-0.25, -0.2) is 12.8 Å². The lowest BCUT2D eigenvalue weighted by Crippen LogP contribution is -2.41. The second-order valence-corrected chi connectivity index (χ2v) is 8.90. The molecular weight excluding hydrogens is 403 g/mol. The van der Waals surface area contributed by atoms with E-state index in [0.29, 0.717) is 6.54 Å². The molecule has 3 aromatic carbocycles. The highest BCUT2D eigenvalue weighted by Gasteiger charge is 2.28. The molecule has 0 aliphatic rings. The number of hydrogen-bond donors (Lipinski definition) is 0. The van der Waals surface area contributed by atoms with E-state index in [0.717, 1.165) is 15.4 Å². The molecule has 0 bridgehead atoms. The summed E-state index contributed by atoms with van der Waals surface area (Å²) in [6, 6.07) is 20.7. The summed E-state index contributed by atoms with van der Waals surface area (Å²) in [6.45, 7) is 1.93. The Morgan fingerprint density at radius 1 is 0.900 bits per heavy atom. The highest BCUT2D eigenvalue weighted by molar-refractivity contribution is 7.92. The number of nitrogens with zero attached hydrogens (tertiary/aromatic N) is 2. The predicted molar refractivity (Wildman–Crippen MR) is 115 cm³/mol. The number of aryl methyl sites for hydroxylation is 1. The van der Waals surface area contributed by atoms with E-state index in [1.54, 1.807) is 25.2 Å². The van der Waals surface area contributed by atoms with E-state index >= 15 is 0 Å². The lowest BCUT2D eigenvalue weighted by Gasteiger charge is -2.26. The number of likely N-dealkylation sites (N-methyl/N-ethyl adjacent to an activating group) is 1. The molecule has 5 nitrogen and oxygen atoms in total. The van der Waals surface area contributed by atoms with Gasteiger partial charge in [0, 0.05) is 13.6 Å². The van der Waals surface area contributed by atoms with Crippen molar-refractivity contribution in [3.05, 3.63) is 95.8 Å². The minimum atomic E-state index is -4.01. The van der Waals surface area contributed by atoms with E-state index in [9.17, 15) is 17.6 Å². The van der Waals surface area contributed by atoms with Crippen LogP contribution in [-0.4, -0.2) is 32.8 Å². The fraction of sp³-hybridized carbons (Fsp3) is 0.174. The Balaban J connectivity index is 1.87. The molecule has 0 radical (unpaired) electrons. The van der Waals surface area contributed by atoms with Crippen molar-refractivity contribution in [2.75, 3.05) is 17.9 Å². The van der Waals surface area contributed by atoms with Gasteiger partial charge in [0.1, 0.15) is 12.4 Å². The van der Waals surface area contributed by atoms with E-state index < -0.39 is 22.4 Å². The molecule has 0 saturated heterocycles. The maximum absolute atomic E-state index is 13.4. The van der Waals surface area contributed by atoms with Gasteiger partial charge >= 0.3 is 0 Å². The highest BCUT2D eigenvalue weighted by Crippen LogP contribution is 2.24. The van der Waals surface area contributed by atoms with Gasteiger partial charge in [0.2, 0.25) is 5.91 Å². The average Bonchev–Trinajstić information content (AvgIpc) is 2.74. The molecule has 0 fully saturated rings. The monoisotopic (exact) mass is 426 g/mol. The zero-order valence-corrected chi connectivity index (χ0v) is 17.6. The fourth-order valence-corrected chi connectivity index (χ4v) is 4.38. The smallest absolute Gasteiger partial charge is 0.264 e. The van der Waals surface area contributed by atoms with Gasteiger partial charge in [-0.3, -0.25) is 9.10 Å². The summed E-state index contributed by atoms with van der Waals surface area (Å²) < 4.78 is 40.9. The van der Waals surface area contributed by atoms with Crippen LogP contribution in [0.1, 0.15) is 11.1 Å². The van der Waals surface area contributed by atoms with Crippen LogP contribution in [0.4, 0.5) is 10.1 Å². The first-order chi connectivity index (χ1) is 14.3. The van der Waals surface area contributed by atoms with Crippen molar-refractivity contribution in [1.82, 2.24) is 4.90 Å². The maximum Gasteiger partial charge on any atom is 0.264 e. The van der Waals surface area contributed by atoms with Crippen LogP contribution in [0, 0.1) is 12.7 Å². The molecule has 156 valence electrons. The summed E-state index contributed by atoms with van der Waals surface area (Å²) in [5, 5.41) is 0. The summed E-state index contributed by atoms with van der Waals surface area (Å²) in [7, 11) is -2.39. The van der Waals surface area contributed by atoms with E-state index in [4.69, 9.17) is 0 Å². The summed E-state index contributed by atoms with van der Waals surface area (Å²) in [5.74, 6) is -0.863. The summed E-state index contributed by atoms with van der Waals surface area (Å²) >= 11 is 0. The first kappa shape index (κ1) is 21.5. The molecule has 0 spiro atoms. The van der Waals surface area contributed by atoms with Crippen LogP contribution < -0.4 is 4.31 Å². The second-order valence-electron chi connectivity index (χ2n) is 7.04. The van der Waals surface area contributed by atoms with Gasteiger partial charge in [-0.15, -0.1) is 0 Å². The third kappa shape index (κ3) is 5.04.